The van der Waals surface area contributed by atoms with Gasteiger partial charge < -0.3 is 0 Å². The largest absolute Gasteiger partial charge is 0.0702 e. The van der Waals surface area contributed by atoms with E-state index >= 15 is 0 Å². The van der Waals surface area contributed by atoms with Crippen molar-refractivity contribution in [2.75, 3.05) is 0 Å². The van der Waals surface area contributed by atoms with Gasteiger partial charge in [0.15, 0.2) is 0 Å². The molecule has 0 aliphatic carbocycles. The van der Waals surface area contributed by atoms with Gasteiger partial charge in [-0.1, -0.05) is 45.3 Å². The van der Waals surface area contributed by atoms with Crippen LogP contribution in [0.1, 0.15) is 52.4 Å². The third-order valence-electron chi connectivity index (χ3n) is 1.67. The lowest BCUT2D eigenvalue weighted by atomic mass is 10.1. The van der Waals surface area contributed by atoms with E-state index in [1.165, 1.54) is 31.3 Å². The van der Waals surface area contributed by atoms with Gasteiger partial charge in [-0.25, -0.2) is 0 Å². The lowest BCUT2D eigenvalue weighted by Crippen LogP contribution is -1.81. The molecule has 0 aromatic carbocycles. The van der Waals surface area contributed by atoms with Crippen LogP contribution in [0.3, 0.4) is 0 Å². The normalized spacial score (nSPS) is 9.80. The molecule has 1 radical (unpaired) electrons. The Morgan fingerprint density at radius 2 is 1.70 bits per heavy atom. The molecule has 0 N–H and O–H groups in total. The number of allylic oxidation sites excluding steroid dienone is 1. The van der Waals surface area contributed by atoms with Crippen LogP contribution < -0.4 is 0 Å². The summed E-state index contributed by atoms with van der Waals surface area (Å²) < 4.78 is 0. The van der Waals surface area contributed by atoms with E-state index in [9.17, 15) is 0 Å². The summed E-state index contributed by atoms with van der Waals surface area (Å²) in [4.78, 5) is 0. The van der Waals surface area contributed by atoms with E-state index in [1.807, 2.05) is 0 Å². The van der Waals surface area contributed by atoms with E-state index in [0.717, 1.165) is 12.8 Å². The van der Waals surface area contributed by atoms with Crippen molar-refractivity contribution in [3.05, 3.63) is 12.2 Å². The first-order valence-corrected chi connectivity index (χ1v) is 4.41. The maximum atomic E-state index is 5.74. The molecule has 10 heavy (non-hydrogen) atoms. The van der Waals surface area contributed by atoms with E-state index in [-0.39, 0.29) is 0 Å². The molecule has 0 aromatic rings. The Labute approximate surface area is 65.3 Å². The van der Waals surface area contributed by atoms with Crippen LogP contribution in [0.25, 0.3) is 0 Å². The Morgan fingerprint density at radius 1 is 1.00 bits per heavy atom. The SMILES string of the molecule is [CH]=C(CCC)CCCCC. The summed E-state index contributed by atoms with van der Waals surface area (Å²) in [5.74, 6) is 0. The lowest BCUT2D eigenvalue weighted by molar-refractivity contribution is 0.692. The van der Waals surface area contributed by atoms with Gasteiger partial charge in [-0.2, -0.15) is 0 Å². The van der Waals surface area contributed by atoms with E-state index in [1.54, 1.807) is 0 Å². The van der Waals surface area contributed by atoms with Crippen LogP contribution in [0, 0.1) is 6.58 Å². The quantitative estimate of drug-likeness (QED) is 0.492. The Kier molecular flexibility index (Phi) is 6.68. The van der Waals surface area contributed by atoms with Gasteiger partial charge in [0, 0.05) is 0 Å². The number of hydrogen-bond acceptors (Lipinski definition) is 0. The fourth-order valence-electron chi connectivity index (χ4n) is 1.05. The Hall–Kier alpha value is -0.260. The van der Waals surface area contributed by atoms with E-state index in [0.29, 0.717) is 0 Å². The molecule has 0 aliphatic rings. The zero-order chi connectivity index (χ0) is 7.82. The minimum atomic E-state index is 1.11. The first kappa shape index (κ1) is 9.74. The molecule has 0 nitrogen and oxygen atoms in total. The number of rotatable bonds is 6. The number of unbranched alkanes of at least 4 members (excludes halogenated alkanes) is 2. The van der Waals surface area contributed by atoms with Gasteiger partial charge in [0.1, 0.15) is 0 Å². The molecule has 0 saturated carbocycles. The third kappa shape index (κ3) is 5.87. The monoisotopic (exact) mass is 139 g/mol. The van der Waals surface area contributed by atoms with E-state index < -0.39 is 0 Å². The van der Waals surface area contributed by atoms with E-state index in [2.05, 4.69) is 13.8 Å². The van der Waals surface area contributed by atoms with Crippen molar-refractivity contribution in [3.63, 3.8) is 0 Å². The molecule has 0 saturated heterocycles. The standard InChI is InChI=1S/C10H19/c1-4-6-7-9-10(3)8-5-2/h3H,4-9H2,1-2H3. The summed E-state index contributed by atoms with van der Waals surface area (Å²) in [5.41, 5.74) is 1.19. The second-order valence-electron chi connectivity index (χ2n) is 2.87. The van der Waals surface area contributed by atoms with Gasteiger partial charge in [-0.05, 0) is 19.3 Å². The van der Waals surface area contributed by atoms with Crippen LogP contribution in [0.4, 0.5) is 0 Å². The molecule has 0 amide bonds. The highest BCUT2D eigenvalue weighted by atomic mass is 14.0. The summed E-state index contributed by atoms with van der Waals surface area (Å²) in [7, 11) is 0. The zero-order valence-electron chi connectivity index (χ0n) is 7.32. The summed E-state index contributed by atoms with van der Waals surface area (Å²) in [6.45, 7) is 10.1. The summed E-state index contributed by atoms with van der Waals surface area (Å²) in [6, 6.07) is 0. The molecule has 0 rings (SSSR count). The highest BCUT2D eigenvalue weighted by Gasteiger charge is 1.91. The molecule has 0 heteroatoms. The van der Waals surface area contributed by atoms with Crippen LogP contribution in [0.5, 0.6) is 0 Å². The van der Waals surface area contributed by atoms with Crippen molar-refractivity contribution in [2.24, 2.45) is 0 Å². The Balaban J connectivity index is 3.05. The topological polar surface area (TPSA) is 0 Å². The van der Waals surface area contributed by atoms with Gasteiger partial charge in [0.25, 0.3) is 0 Å². The molecule has 0 heterocycles. The van der Waals surface area contributed by atoms with Crippen molar-refractivity contribution >= 4 is 0 Å². The highest BCUT2D eigenvalue weighted by Crippen LogP contribution is 2.11. The van der Waals surface area contributed by atoms with Gasteiger partial charge in [-0.15, -0.1) is 0 Å². The summed E-state index contributed by atoms with van der Waals surface area (Å²) in [6.07, 6.45) is 7.34. The predicted molar refractivity (Wildman–Crippen MR) is 46.9 cm³/mol. The minimum Gasteiger partial charge on any atom is -0.0702 e. The average molecular weight is 139 g/mol. The molecule has 0 aromatic heterocycles. The Bertz CT molecular complexity index is 82.0. The predicted octanol–water partition coefficient (Wildman–Crippen LogP) is 3.73. The third-order valence-corrected chi connectivity index (χ3v) is 1.67. The maximum absolute atomic E-state index is 5.74. The van der Waals surface area contributed by atoms with Crippen molar-refractivity contribution in [2.45, 2.75) is 52.4 Å². The minimum absolute atomic E-state index is 1.11. The molecule has 0 fully saturated rings. The molecular formula is C10H19. The van der Waals surface area contributed by atoms with Gasteiger partial charge >= 0.3 is 0 Å². The smallest absolute Gasteiger partial charge is 0.0317 e. The number of hydrogen-bond donors (Lipinski definition) is 0. The summed E-state index contributed by atoms with van der Waals surface area (Å²) in [5, 5.41) is 0. The first-order chi connectivity index (χ1) is 4.81. The van der Waals surface area contributed by atoms with Crippen molar-refractivity contribution < 1.29 is 0 Å². The highest BCUT2D eigenvalue weighted by molar-refractivity contribution is 4.89. The first-order valence-electron chi connectivity index (χ1n) is 4.41. The fraction of sp³-hybridized carbons (Fsp3) is 0.800. The van der Waals surface area contributed by atoms with Crippen LogP contribution in [0.15, 0.2) is 5.57 Å². The summed E-state index contributed by atoms with van der Waals surface area (Å²) >= 11 is 0. The van der Waals surface area contributed by atoms with Crippen LogP contribution in [0.2, 0.25) is 0 Å². The second-order valence-corrected chi connectivity index (χ2v) is 2.87. The maximum Gasteiger partial charge on any atom is -0.0317 e. The second kappa shape index (κ2) is 6.85. The molecule has 0 aliphatic heterocycles. The van der Waals surface area contributed by atoms with Crippen LogP contribution >= 0.6 is 0 Å². The zero-order valence-corrected chi connectivity index (χ0v) is 7.32. The molecular weight excluding hydrogens is 120 g/mol. The van der Waals surface area contributed by atoms with Crippen molar-refractivity contribution in [1.29, 1.82) is 0 Å². The van der Waals surface area contributed by atoms with Gasteiger partial charge in [0.2, 0.25) is 0 Å². The lowest BCUT2D eigenvalue weighted by Gasteiger charge is -2.01. The van der Waals surface area contributed by atoms with E-state index in [4.69, 9.17) is 6.58 Å². The van der Waals surface area contributed by atoms with Crippen LogP contribution in [-0.4, -0.2) is 0 Å². The molecule has 0 spiro atoms. The molecule has 0 unspecified atom stereocenters. The van der Waals surface area contributed by atoms with Gasteiger partial charge in [-0.3, -0.25) is 0 Å². The average Bonchev–Trinajstić information content (AvgIpc) is 1.89. The fourth-order valence-corrected chi connectivity index (χ4v) is 1.05. The van der Waals surface area contributed by atoms with Crippen molar-refractivity contribution in [1.82, 2.24) is 0 Å². The van der Waals surface area contributed by atoms with Gasteiger partial charge in [0.05, 0.1) is 0 Å². The Morgan fingerprint density at radius 3 is 2.20 bits per heavy atom. The molecule has 0 bridgehead atoms. The molecule has 59 valence electrons. The van der Waals surface area contributed by atoms with Crippen molar-refractivity contribution in [3.8, 4) is 0 Å². The molecule has 0 atom stereocenters. The van der Waals surface area contributed by atoms with Crippen LogP contribution in [-0.2, 0) is 0 Å².